The van der Waals surface area contributed by atoms with Crippen molar-refractivity contribution in [3.05, 3.63) is 35.4 Å². The summed E-state index contributed by atoms with van der Waals surface area (Å²) in [7, 11) is 0. The third-order valence-corrected chi connectivity index (χ3v) is 3.17. The topological polar surface area (TPSA) is 46.5 Å². The van der Waals surface area contributed by atoms with Gasteiger partial charge < -0.3 is 9.84 Å². The van der Waals surface area contributed by atoms with E-state index >= 15 is 0 Å². The van der Waals surface area contributed by atoms with Crippen molar-refractivity contribution in [2.75, 3.05) is 6.61 Å². The second-order valence-corrected chi connectivity index (χ2v) is 4.14. The van der Waals surface area contributed by atoms with E-state index in [-0.39, 0.29) is 24.6 Å². The SMILES string of the molecule is O=CO[C@]1(c2cc(F)ccc2F)C[C@H]1CCO. The number of carbonyl (C=O) groups is 1. The summed E-state index contributed by atoms with van der Waals surface area (Å²) in [5.41, 5.74) is -1.06. The van der Waals surface area contributed by atoms with Gasteiger partial charge in [-0.15, -0.1) is 0 Å². The molecule has 0 amide bonds. The second-order valence-electron chi connectivity index (χ2n) is 4.14. The van der Waals surface area contributed by atoms with Crippen molar-refractivity contribution in [1.29, 1.82) is 0 Å². The number of aliphatic hydroxyl groups excluding tert-OH is 1. The Labute approximate surface area is 97.0 Å². The van der Waals surface area contributed by atoms with Crippen LogP contribution in [0.5, 0.6) is 0 Å². The lowest BCUT2D eigenvalue weighted by atomic mass is 10.0. The van der Waals surface area contributed by atoms with Gasteiger partial charge in [0.15, 0.2) is 0 Å². The number of hydrogen-bond acceptors (Lipinski definition) is 3. The maximum atomic E-state index is 13.6. The summed E-state index contributed by atoms with van der Waals surface area (Å²) in [6, 6.07) is 3.06. The molecule has 0 spiro atoms. The van der Waals surface area contributed by atoms with E-state index in [4.69, 9.17) is 9.84 Å². The third-order valence-electron chi connectivity index (χ3n) is 3.17. The molecule has 92 valence electrons. The van der Waals surface area contributed by atoms with E-state index in [9.17, 15) is 13.6 Å². The molecule has 2 rings (SSSR count). The molecule has 0 unspecified atom stereocenters. The predicted molar refractivity (Wildman–Crippen MR) is 55.0 cm³/mol. The first kappa shape index (κ1) is 12.0. The number of benzene rings is 1. The Morgan fingerprint density at radius 2 is 2.29 bits per heavy atom. The fraction of sp³-hybridized carbons (Fsp3) is 0.417. The summed E-state index contributed by atoms with van der Waals surface area (Å²) in [4.78, 5) is 10.5. The number of ether oxygens (including phenoxy) is 1. The molecule has 0 radical (unpaired) electrons. The van der Waals surface area contributed by atoms with Crippen LogP contribution in [0.3, 0.4) is 0 Å². The highest BCUT2D eigenvalue weighted by molar-refractivity contribution is 5.44. The smallest absolute Gasteiger partial charge is 0.293 e. The fourth-order valence-corrected chi connectivity index (χ4v) is 2.24. The van der Waals surface area contributed by atoms with Gasteiger partial charge in [-0.3, -0.25) is 4.79 Å². The molecule has 1 aliphatic rings. The van der Waals surface area contributed by atoms with E-state index in [0.717, 1.165) is 18.2 Å². The maximum Gasteiger partial charge on any atom is 0.293 e. The van der Waals surface area contributed by atoms with Gasteiger partial charge in [0.25, 0.3) is 6.47 Å². The molecule has 17 heavy (non-hydrogen) atoms. The monoisotopic (exact) mass is 242 g/mol. The lowest BCUT2D eigenvalue weighted by Gasteiger charge is -2.17. The molecule has 0 aliphatic heterocycles. The highest BCUT2D eigenvalue weighted by Gasteiger charge is 2.58. The van der Waals surface area contributed by atoms with Crippen LogP contribution in [0.25, 0.3) is 0 Å². The van der Waals surface area contributed by atoms with Crippen LogP contribution in [0.1, 0.15) is 18.4 Å². The molecule has 1 fully saturated rings. The van der Waals surface area contributed by atoms with Crippen molar-refractivity contribution in [2.24, 2.45) is 5.92 Å². The normalized spacial score (nSPS) is 26.6. The Kier molecular flexibility index (Phi) is 3.11. The zero-order valence-electron chi connectivity index (χ0n) is 9.03. The van der Waals surface area contributed by atoms with E-state index in [1.165, 1.54) is 0 Å². The number of aliphatic hydroxyl groups is 1. The zero-order valence-corrected chi connectivity index (χ0v) is 9.03. The van der Waals surface area contributed by atoms with E-state index < -0.39 is 17.2 Å². The molecule has 1 aromatic rings. The average Bonchev–Trinajstić information content (AvgIpc) is 2.97. The summed E-state index contributed by atoms with van der Waals surface area (Å²) in [6.07, 6.45) is 0.802. The molecule has 0 heterocycles. The first-order valence-electron chi connectivity index (χ1n) is 5.32. The standard InChI is InChI=1S/C12H12F2O3/c13-9-1-2-11(14)10(5-9)12(17-7-16)6-8(12)3-4-15/h1-2,5,7-8,15H,3-4,6H2/t8-,12-/m1/s1. The molecule has 1 aliphatic carbocycles. The van der Waals surface area contributed by atoms with Crippen molar-refractivity contribution in [2.45, 2.75) is 18.4 Å². The Morgan fingerprint density at radius 1 is 1.53 bits per heavy atom. The number of carbonyl (C=O) groups excluding carboxylic acids is 1. The van der Waals surface area contributed by atoms with Gasteiger partial charge >= 0.3 is 0 Å². The van der Waals surface area contributed by atoms with Crippen LogP contribution in [0.15, 0.2) is 18.2 Å². The molecule has 1 saturated carbocycles. The van der Waals surface area contributed by atoms with E-state index in [1.54, 1.807) is 0 Å². The van der Waals surface area contributed by atoms with Crippen molar-refractivity contribution < 1.29 is 23.4 Å². The van der Waals surface area contributed by atoms with Gasteiger partial charge in [0.2, 0.25) is 0 Å². The molecule has 2 atom stereocenters. The fourth-order valence-electron chi connectivity index (χ4n) is 2.24. The van der Waals surface area contributed by atoms with Crippen LogP contribution >= 0.6 is 0 Å². The van der Waals surface area contributed by atoms with Crippen LogP contribution in [0, 0.1) is 17.6 Å². The minimum atomic E-state index is -1.10. The first-order valence-corrected chi connectivity index (χ1v) is 5.32. The second kappa shape index (κ2) is 4.41. The molecule has 0 saturated heterocycles. The Morgan fingerprint density at radius 3 is 2.94 bits per heavy atom. The molecular weight excluding hydrogens is 230 g/mol. The molecule has 1 aromatic carbocycles. The minimum Gasteiger partial charge on any atom is -0.456 e. The highest BCUT2D eigenvalue weighted by atomic mass is 19.1. The number of rotatable bonds is 5. The van der Waals surface area contributed by atoms with Crippen LogP contribution in [-0.4, -0.2) is 18.2 Å². The van der Waals surface area contributed by atoms with Gasteiger partial charge in [0.1, 0.15) is 17.2 Å². The van der Waals surface area contributed by atoms with Gasteiger partial charge in [-0.2, -0.15) is 0 Å². The van der Waals surface area contributed by atoms with Gasteiger partial charge in [0.05, 0.1) is 0 Å². The summed E-state index contributed by atoms with van der Waals surface area (Å²) < 4.78 is 31.6. The molecular formula is C12H12F2O3. The number of hydrogen-bond donors (Lipinski definition) is 1. The summed E-state index contributed by atoms with van der Waals surface area (Å²) >= 11 is 0. The summed E-state index contributed by atoms with van der Waals surface area (Å²) in [5, 5.41) is 8.84. The van der Waals surface area contributed by atoms with Crippen molar-refractivity contribution >= 4 is 6.47 Å². The van der Waals surface area contributed by atoms with Crippen LogP contribution < -0.4 is 0 Å². The maximum absolute atomic E-state index is 13.6. The summed E-state index contributed by atoms with van der Waals surface area (Å²) in [5.74, 6) is -1.34. The first-order chi connectivity index (χ1) is 8.14. The van der Waals surface area contributed by atoms with Crippen LogP contribution in [-0.2, 0) is 15.1 Å². The van der Waals surface area contributed by atoms with Crippen molar-refractivity contribution in [1.82, 2.24) is 0 Å². The highest BCUT2D eigenvalue weighted by Crippen LogP contribution is 2.57. The van der Waals surface area contributed by atoms with Gasteiger partial charge in [-0.1, -0.05) is 0 Å². The molecule has 3 nitrogen and oxygen atoms in total. The van der Waals surface area contributed by atoms with E-state index in [1.807, 2.05) is 0 Å². The molecule has 0 aromatic heterocycles. The van der Waals surface area contributed by atoms with Crippen molar-refractivity contribution in [3.8, 4) is 0 Å². The van der Waals surface area contributed by atoms with Crippen LogP contribution in [0.4, 0.5) is 8.78 Å². The number of halogens is 2. The zero-order chi connectivity index (χ0) is 12.5. The average molecular weight is 242 g/mol. The van der Waals surface area contributed by atoms with E-state index in [2.05, 4.69) is 0 Å². The van der Waals surface area contributed by atoms with Gasteiger partial charge in [0, 0.05) is 18.1 Å². The predicted octanol–water partition coefficient (Wildman–Crippen LogP) is 1.74. The Hall–Kier alpha value is -1.49. The largest absolute Gasteiger partial charge is 0.456 e. The molecule has 5 heteroatoms. The van der Waals surface area contributed by atoms with Gasteiger partial charge in [-0.25, -0.2) is 8.78 Å². The summed E-state index contributed by atoms with van der Waals surface area (Å²) in [6.45, 7) is 0.160. The Bertz CT molecular complexity index is 436. The lowest BCUT2D eigenvalue weighted by molar-refractivity contribution is -0.137. The van der Waals surface area contributed by atoms with Gasteiger partial charge in [-0.05, 0) is 31.0 Å². The lowest BCUT2D eigenvalue weighted by Crippen LogP contribution is -2.17. The van der Waals surface area contributed by atoms with Crippen molar-refractivity contribution in [3.63, 3.8) is 0 Å². The molecule has 1 N–H and O–H groups in total. The van der Waals surface area contributed by atoms with E-state index in [0.29, 0.717) is 12.8 Å². The third kappa shape index (κ3) is 2.02. The Balaban J connectivity index is 2.34. The van der Waals surface area contributed by atoms with Crippen LogP contribution in [0.2, 0.25) is 0 Å². The molecule has 0 bridgehead atoms. The minimum absolute atomic E-state index is 0.0445. The quantitative estimate of drug-likeness (QED) is 0.800.